The van der Waals surface area contributed by atoms with Gasteiger partial charge in [0.25, 0.3) is 0 Å². The molecule has 3 aromatic carbocycles. The summed E-state index contributed by atoms with van der Waals surface area (Å²) < 4.78 is 0. The number of hydrogen-bond acceptors (Lipinski definition) is 2. The van der Waals surface area contributed by atoms with E-state index in [-0.39, 0.29) is 0 Å². The maximum absolute atomic E-state index is 4.52. The molecule has 2 heterocycles. The van der Waals surface area contributed by atoms with Crippen molar-refractivity contribution < 1.29 is 0 Å². The monoisotopic (exact) mass is 334 g/mol. The van der Waals surface area contributed by atoms with Crippen molar-refractivity contribution in [2.75, 3.05) is 5.32 Å². The molecule has 1 aliphatic rings. The van der Waals surface area contributed by atoms with Gasteiger partial charge in [-0.2, -0.15) is 0 Å². The summed E-state index contributed by atoms with van der Waals surface area (Å²) in [6, 6.07) is 29.5. The van der Waals surface area contributed by atoms with Crippen molar-refractivity contribution in [3.05, 3.63) is 114 Å². The van der Waals surface area contributed by atoms with E-state index in [1.807, 2.05) is 12.3 Å². The highest BCUT2D eigenvalue weighted by Gasteiger charge is 2.34. The summed E-state index contributed by atoms with van der Waals surface area (Å²) in [4.78, 5) is 4.52. The van der Waals surface area contributed by atoms with Crippen molar-refractivity contribution >= 4 is 22.7 Å². The minimum atomic E-state index is -0.403. The average Bonchev–Trinajstić information content (AvgIpc) is 2.74. The topological polar surface area (TPSA) is 24.9 Å². The maximum atomic E-state index is 4.52. The van der Waals surface area contributed by atoms with Gasteiger partial charge in [0.1, 0.15) is 5.54 Å². The number of pyridine rings is 1. The third kappa shape index (κ3) is 2.23. The molecule has 2 heteroatoms. The number of rotatable bonds is 2. The second kappa shape index (κ2) is 5.85. The van der Waals surface area contributed by atoms with Crippen LogP contribution in [0.4, 0.5) is 5.69 Å². The van der Waals surface area contributed by atoms with E-state index in [0.29, 0.717) is 0 Å². The van der Waals surface area contributed by atoms with E-state index < -0.39 is 5.54 Å². The minimum absolute atomic E-state index is 0.403. The van der Waals surface area contributed by atoms with E-state index in [4.69, 9.17) is 0 Å². The lowest BCUT2D eigenvalue weighted by Gasteiger charge is -2.38. The quantitative estimate of drug-likeness (QED) is 0.515. The van der Waals surface area contributed by atoms with Crippen molar-refractivity contribution in [2.24, 2.45) is 0 Å². The Bertz CT molecular complexity index is 1060. The first kappa shape index (κ1) is 14.9. The largest absolute Gasteiger partial charge is 0.367 e. The fraction of sp³-hybridized carbons (Fsp3) is 0.0417. The molecule has 0 bridgehead atoms. The summed E-state index contributed by atoms with van der Waals surface area (Å²) in [6.45, 7) is 0. The Labute approximate surface area is 152 Å². The van der Waals surface area contributed by atoms with E-state index in [2.05, 4.69) is 101 Å². The second-order valence-corrected chi connectivity index (χ2v) is 6.60. The number of aromatic nitrogens is 1. The summed E-state index contributed by atoms with van der Waals surface area (Å²) in [5, 5.41) is 5.00. The van der Waals surface area contributed by atoms with Crippen LogP contribution < -0.4 is 5.32 Å². The molecule has 1 N–H and O–H groups in total. The van der Waals surface area contributed by atoms with E-state index in [1.165, 1.54) is 16.7 Å². The minimum Gasteiger partial charge on any atom is -0.367 e. The SMILES string of the molecule is C1=CC(c2ccccc2)(c2ccccc2)Nc2c1ccc1ncccc21. The van der Waals surface area contributed by atoms with Crippen molar-refractivity contribution in [1.82, 2.24) is 4.98 Å². The molecule has 4 aromatic rings. The van der Waals surface area contributed by atoms with Crippen LogP contribution in [0.15, 0.2) is 97.2 Å². The van der Waals surface area contributed by atoms with E-state index in [0.717, 1.165) is 16.6 Å². The number of nitrogens with one attached hydrogen (secondary N) is 1. The number of fused-ring (bicyclic) bond motifs is 3. The molecule has 1 aromatic heterocycles. The molecule has 0 saturated carbocycles. The predicted molar refractivity (Wildman–Crippen MR) is 108 cm³/mol. The van der Waals surface area contributed by atoms with Crippen LogP contribution in [0.25, 0.3) is 17.0 Å². The third-order valence-corrected chi connectivity index (χ3v) is 5.11. The second-order valence-electron chi connectivity index (χ2n) is 6.60. The standard InChI is InChI=1S/C24H18N2/c1-3-8-19(9-4-1)24(20-10-5-2-6-11-20)16-15-18-13-14-22-21(23(18)26-24)12-7-17-25-22/h1-17,26H. The van der Waals surface area contributed by atoms with Crippen LogP contribution in [0, 0.1) is 0 Å². The highest BCUT2D eigenvalue weighted by atomic mass is 15.0. The molecule has 1 aliphatic heterocycles. The zero-order valence-corrected chi connectivity index (χ0v) is 14.3. The Balaban J connectivity index is 1.78. The Morgan fingerprint density at radius 3 is 2.08 bits per heavy atom. The first-order chi connectivity index (χ1) is 12.9. The van der Waals surface area contributed by atoms with E-state index >= 15 is 0 Å². The van der Waals surface area contributed by atoms with Gasteiger partial charge in [-0.15, -0.1) is 0 Å². The predicted octanol–water partition coefficient (Wildman–Crippen LogP) is 5.62. The summed E-state index contributed by atoms with van der Waals surface area (Å²) in [7, 11) is 0. The molecule has 0 radical (unpaired) electrons. The fourth-order valence-corrected chi connectivity index (χ4v) is 3.81. The van der Waals surface area contributed by atoms with Gasteiger partial charge in [0.15, 0.2) is 0 Å². The zero-order valence-electron chi connectivity index (χ0n) is 14.3. The normalized spacial score (nSPS) is 14.6. The van der Waals surface area contributed by atoms with Gasteiger partial charge in [0.05, 0.1) is 11.2 Å². The number of hydrogen-bond donors (Lipinski definition) is 1. The Kier molecular flexibility index (Phi) is 3.36. The molecule has 26 heavy (non-hydrogen) atoms. The van der Waals surface area contributed by atoms with Gasteiger partial charge < -0.3 is 5.32 Å². The lowest BCUT2D eigenvalue weighted by molar-refractivity contribution is 0.743. The third-order valence-electron chi connectivity index (χ3n) is 5.11. The molecule has 0 spiro atoms. The molecule has 124 valence electrons. The highest BCUT2D eigenvalue weighted by molar-refractivity contribution is 5.98. The Morgan fingerprint density at radius 1 is 0.692 bits per heavy atom. The van der Waals surface area contributed by atoms with Crippen molar-refractivity contribution in [1.29, 1.82) is 0 Å². The van der Waals surface area contributed by atoms with Crippen molar-refractivity contribution in [3.63, 3.8) is 0 Å². The van der Waals surface area contributed by atoms with Gasteiger partial charge in [0.2, 0.25) is 0 Å². The molecular weight excluding hydrogens is 316 g/mol. The van der Waals surface area contributed by atoms with Gasteiger partial charge in [-0.3, -0.25) is 4.98 Å². The number of benzene rings is 3. The summed E-state index contributed by atoms with van der Waals surface area (Å²) in [5.74, 6) is 0. The van der Waals surface area contributed by atoms with Gasteiger partial charge in [0, 0.05) is 11.6 Å². The van der Waals surface area contributed by atoms with Gasteiger partial charge in [-0.1, -0.05) is 72.8 Å². The van der Waals surface area contributed by atoms with Crippen LogP contribution in [0.3, 0.4) is 0 Å². The van der Waals surface area contributed by atoms with Gasteiger partial charge in [-0.05, 0) is 41.0 Å². The number of anilines is 1. The van der Waals surface area contributed by atoms with Crippen LogP contribution in [0.1, 0.15) is 16.7 Å². The Hall–Kier alpha value is -3.39. The maximum Gasteiger partial charge on any atom is 0.107 e. The first-order valence-corrected chi connectivity index (χ1v) is 8.83. The van der Waals surface area contributed by atoms with Crippen LogP contribution in [-0.2, 0) is 5.54 Å². The lowest BCUT2D eigenvalue weighted by atomic mass is 9.79. The molecule has 5 rings (SSSR count). The molecule has 0 amide bonds. The fourth-order valence-electron chi connectivity index (χ4n) is 3.81. The molecule has 0 aliphatic carbocycles. The number of nitrogens with zero attached hydrogens (tertiary/aromatic N) is 1. The van der Waals surface area contributed by atoms with E-state index in [9.17, 15) is 0 Å². The summed E-state index contributed by atoms with van der Waals surface area (Å²) in [6.07, 6.45) is 6.33. The molecule has 2 nitrogen and oxygen atoms in total. The van der Waals surface area contributed by atoms with Crippen molar-refractivity contribution in [3.8, 4) is 0 Å². The van der Waals surface area contributed by atoms with Crippen LogP contribution in [0.2, 0.25) is 0 Å². The van der Waals surface area contributed by atoms with Gasteiger partial charge in [-0.25, -0.2) is 0 Å². The Morgan fingerprint density at radius 2 is 1.38 bits per heavy atom. The lowest BCUT2D eigenvalue weighted by Crippen LogP contribution is -2.36. The van der Waals surface area contributed by atoms with E-state index in [1.54, 1.807) is 0 Å². The van der Waals surface area contributed by atoms with Crippen LogP contribution in [0.5, 0.6) is 0 Å². The first-order valence-electron chi connectivity index (χ1n) is 8.83. The van der Waals surface area contributed by atoms with Crippen molar-refractivity contribution in [2.45, 2.75) is 5.54 Å². The van der Waals surface area contributed by atoms with Gasteiger partial charge >= 0.3 is 0 Å². The average molecular weight is 334 g/mol. The highest BCUT2D eigenvalue weighted by Crippen LogP contribution is 2.42. The molecule has 0 unspecified atom stereocenters. The summed E-state index contributed by atoms with van der Waals surface area (Å²) in [5.41, 5.74) is 5.35. The van der Waals surface area contributed by atoms with Crippen LogP contribution >= 0.6 is 0 Å². The molecular formula is C24H18N2. The molecule has 0 atom stereocenters. The summed E-state index contributed by atoms with van der Waals surface area (Å²) >= 11 is 0. The van der Waals surface area contributed by atoms with Crippen LogP contribution in [-0.4, -0.2) is 4.98 Å². The smallest absolute Gasteiger partial charge is 0.107 e. The molecule has 0 fully saturated rings. The molecule has 0 saturated heterocycles. The zero-order chi connectivity index (χ0) is 17.4.